The highest BCUT2D eigenvalue weighted by Gasteiger charge is 2.11. The van der Waals surface area contributed by atoms with Crippen LogP contribution in [0.15, 0.2) is 60.3 Å². The lowest BCUT2D eigenvalue weighted by Crippen LogP contribution is -2.14. The number of aromatic hydroxyl groups is 1. The Labute approximate surface area is 126 Å². The van der Waals surface area contributed by atoms with Gasteiger partial charge in [0.15, 0.2) is 0 Å². The standard InChI is InChI=1S/C16H12FN3O2/c17-12-4-3-5-13(8-12)19-10-11(9-18)16(22)20-14-6-1-2-7-15(14)21/h1-8,10,19,21H,(H,20,22)/b11-10-. The van der Waals surface area contributed by atoms with Crippen molar-refractivity contribution in [3.05, 3.63) is 66.1 Å². The second-order valence-electron chi connectivity index (χ2n) is 4.30. The quantitative estimate of drug-likeness (QED) is 0.460. The molecule has 0 unspecified atom stereocenters. The summed E-state index contributed by atoms with van der Waals surface area (Å²) in [7, 11) is 0. The van der Waals surface area contributed by atoms with Gasteiger partial charge in [-0.2, -0.15) is 5.26 Å². The zero-order valence-corrected chi connectivity index (χ0v) is 11.4. The maximum Gasteiger partial charge on any atom is 0.267 e. The Morgan fingerprint density at radius 2 is 2.00 bits per heavy atom. The number of nitriles is 1. The van der Waals surface area contributed by atoms with Crippen molar-refractivity contribution in [2.24, 2.45) is 0 Å². The van der Waals surface area contributed by atoms with Crippen molar-refractivity contribution in [2.75, 3.05) is 10.6 Å². The van der Waals surface area contributed by atoms with Crippen LogP contribution in [-0.2, 0) is 4.79 Å². The van der Waals surface area contributed by atoms with Gasteiger partial charge in [0.1, 0.15) is 23.2 Å². The molecule has 0 atom stereocenters. The number of anilines is 2. The molecule has 22 heavy (non-hydrogen) atoms. The van der Waals surface area contributed by atoms with Gasteiger partial charge < -0.3 is 15.7 Å². The average molecular weight is 297 g/mol. The number of phenols is 1. The lowest BCUT2D eigenvalue weighted by Gasteiger charge is -2.06. The van der Waals surface area contributed by atoms with Crippen molar-refractivity contribution in [3.8, 4) is 11.8 Å². The first kappa shape index (κ1) is 15.1. The van der Waals surface area contributed by atoms with Crippen LogP contribution in [0.2, 0.25) is 0 Å². The van der Waals surface area contributed by atoms with Gasteiger partial charge >= 0.3 is 0 Å². The summed E-state index contributed by atoms with van der Waals surface area (Å²) < 4.78 is 13.0. The number of amides is 1. The third-order valence-electron chi connectivity index (χ3n) is 2.73. The van der Waals surface area contributed by atoms with Crippen LogP contribution in [0.3, 0.4) is 0 Å². The molecular weight excluding hydrogens is 285 g/mol. The van der Waals surface area contributed by atoms with Crippen molar-refractivity contribution >= 4 is 17.3 Å². The Morgan fingerprint density at radius 3 is 2.68 bits per heavy atom. The first-order valence-corrected chi connectivity index (χ1v) is 6.32. The molecule has 0 aliphatic heterocycles. The number of hydrogen-bond acceptors (Lipinski definition) is 4. The Balaban J connectivity index is 2.11. The molecule has 5 nitrogen and oxygen atoms in total. The summed E-state index contributed by atoms with van der Waals surface area (Å²) in [5.74, 6) is -1.23. The van der Waals surface area contributed by atoms with Gasteiger partial charge in [-0.1, -0.05) is 18.2 Å². The summed E-state index contributed by atoms with van der Waals surface area (Å²) in [5.41, 5.74) is 0.384. The fourth-order valence-electron chi connectivity index (χ4n) is 1.65. The van der Waals surface area contributed by atoms with Crippen LogP contribution in [0.4, 0.5) is 15.8 Å². The molecule has 2 rings (SSSR count). The van der Waals surface area contributed by atoms with Crippen molar-refractivity contribution in [1.29, 1.82) is 5.26 Å². The van der Waals surface area contributed by atoms with Crippen LogP contribution in [0.1, 0.15) is 0 Å². The van der Waals surface area contributed by atoms with E-state index in [0.717, 1.165) is 0 Å². The summed E-state index contributed by atoms with van der Waals surface area (Å²) in [4.78, 5) is 12.0. The molecule has 0 aliphatic rings. The summed E-state index contributed by atoms with van der Waals surface area (Å²) in [5, 5.41) is 23.7. The molecular formula is C16H12FN3O2. The van der Waals surface area contributed by atoms with E-state index < -0.39 is 11.7 Å². The van der Waals surface area contributed by atoms with Gasteiger partial charge in [-0.3, -0.25) is 4.79 Å². The van der Waals surface area contributed by atoms with Gasteiger partial charge in [-0.25, -0.2) is 4.39 Å². The number of nitrogens with one attached hydrogen (secondary N) is 2. The van der Waals surface area contributed by atoms with Crippen LogP contribution in [0.5, 0.6) is 5.75 Å². The zero-order valence-electron chi connectivity index (χ0n) is 11.4. The van der Waals surface area contributed by atoms with Crippen molar-refractivity contribution < 1.29 is 14.3 Å². The number of halogens is 1. The summed E-state index contributed by atoms with van der Waals surface area (Å²) in [6.07, 6.45) is 1.17. The van der Waals surface area contributed by atoms with E-state index in [4.69, 9.17) is 5.26 Å². The minimum Gasteiger partial charge on any atom is -0.506 e. The number of nitrogens with zero attached hydrogens (tertiary/aromatic N) is 1. The molecule has 0 aromatic heterocycles. The van der Waals surface area contributed by atoms with E-state index in [1.54, 1.807) is 24.3 Å². The minimum atomic E-state index is -0.687. The molecule has 0 saturated heterocycles. The van der Waals surface area contributed by atoms with Crippen LogP contribution in [0.25, 0.3) is 0 Å². The monoisotopic (exact) mass is 297 g/mol. The number of carbonyl (C=O) groups is 1. The van der Waals surface area contributed by atoms with Crippen molar-refractivity contribution in [3.63, 3.8) is 0 Å². The Hall–Kier alpha value is -3.33. The topological polar surface area (TPSA) is 85.2 Å². The zero-order chi connectivity index (χ0) is 15.9. The minimum absolute atomic E-state index is 0.105. The van der Waals surface area contributed by atoms with E-state index in [1.807, 2.05) is 0 Å². The molecule has 0 bridgehead atoms. The van der Waals surface area contributed by atoms with Crippen LogP contribution >= 0.6 is 0 Å². The average Bonchev–Trinajstić information content (AvgIpc) is 2.50. The van der Waals surface area contributed by atoms with E-state index in [-0.39, 0.29) is 17.0 Å². The Bertz CT molecular complexity index is 766. The second kappa shape index (κ2) is 6.90. The molecule has 2 aromatic rings. The molecule has 3 N–H and O–H groups in total. The first-order valence-electron chi connectivity index (χ1n) is 6.32. The lowest BCUT2D eigenvalue weighted by molar-refractivity contribution is -0.112. The van der Waals surface area contributed by atoms with Crippen LogP contribution < -0.4 is 10.6 Å². The number of rotatable bonds is 4. The number of phenolic OH excluding ortho intramolecular Hbond substituents is 1. The Morgan fingerprint density at radius 1 is 1.23 bits per heavy atom. The van der Waals surface area contributed by atoms with Crippen LogP contribution in [-0.4, -0.2) is 11.0 Å². The van der Waals surface area contributed by atoms with Gasteiger partial charge in [0, 0.05) is 11.9 Å². The molecule has 0 aliphatic carbocycles. The highest BCUT2D eigenvalue weighted by molar-refractivity contribution is 6.07. The number of carbonyl (C=O) groups excluding carboxylic acids is 1. The number of para-hydroxylation sites is 2. The lowest BCUT2D eigenvalue weighted by atomic mass is 10.2. The highest BCUT2D eigenvalue weighted by Crippen LogP contribution is 2.22. The summed E-state index contributed by atoms with van der Waals surface area (Å²) >= 11 is 0. The largest absolute Gasteiger partial charge is 0.506 e. The van der Waals surface area contributed by atoms with Gasteiger partial charge in [-0.05, 0) is 30.3 Å². The molecule has 6 heteroatoms. The molecule has 0 fully saturated rings. The molecule has 0 radical (unpaired) electrons. The van der Waals surface area contributed by atoms with E-state index in [2.05, 4.69) is 10.6 Å². The molecule has 1 amide bonds. The summed E-state index contributed by atoms with van der Waals surface area (Å²) in [6, 6.07) is 13.5. The predicted octanol–water partition coefficient (Wildman–Crippen LogP) is 2.99. The second-order valence-corrected chi connectivity index (χ2v) is 4.30. The first-order chi connectivity index (χ1) is 10.6. The molecule has 2 aromatic carbocycles. The third-order valence-corrected chi connectivity index (χ3v) is 2.73. The van der Waals surface area contributed by atoms with Crippen LogP contribution in [0, 0.1) is 17.1 Å². The molecule has 110 valence electrons. The summed E-state index contributed by atoms with van der Waals surface area (Å²) in [6.45, 7) is 0. The predicted molar refractivity (Wildman–Crippen MR) is 80.5 cm³/mol. The highest BCUT2D eigenvalue weighted by atomic mass is 19.1. The fourth-order valence-corrected chi connectivity index (χ4v) is 1.65. The Kier molecular flexibility index (Phi) is 4.73. The maximum atomic E-state index is 13.0. The van der Waals surface area contributed by atoms with Gasteiger partial charge in [0.25, 0.3) is 5.91 Å². The number of benzene rings is 2. The molecule has 0 spiro atoms. The maximum absolute atomic E-state index is 13.0. The normalized spacial score (nSPS) is 10.6. The smallest absolute Gasteiger partial charge is 0.267 e. The molecule has 0 heterocycles. The van der Waals surface area contributed by atoms with Gasteiger partial charge in [-0.15, -0.1) is 0 Å². The van der Waals surface area contributed by atoms with E-state index in [9.17, 15) is 14.3 Å². The van der Waals surface area contributed by atoms with Crippen molar-refractivity contribution in [1.82, 2.24) is 0 Å². The number of hydrogen-bond donors (Lipinski definition) is 3. The van der Waals surface area contributed by atoms with E-state index in [1.165, 1.54) is 36.5 Å². The third kappa shape index (κ3) is 3.84. The SMILES string of the molecule is N#C/C(=C/Nc1cccc(F)c1)C(=O)Nc1ccccc1O. The van der Waals surface area contributed by atoms with Crippen molar-refractivity contribution in [2.45, 2.75) is 0 Å². The fraction of sp³-hybridized carbons (Fsp3) is 0. The molecule has 0 saturated carbocycles. The van der Waals surface area contributed by atoms with E-state index >= 15 is 0 Å². The van der Waals surface area contributed by atoms with Gasteiger partial charge in [0.05, 0.1) is 5.69 Å². The van der Waals surface area contributed by atoms with E-state index in [0.29, 0.717) is 5.69 Å². The van der Waals surface area contributed by atoms with Gasteiger partial charge in [0.2, 0.25) is 0 Å².